The van der Waals surface area contributed by atoms with E-state index in [1.807, 2.05) is 0 Å². The van der Waals surface area contributed by atoms with Crippen molar-refractivity contribution < 1.29 is 0 Å². The molecule has 0 saturated heterocycles. The van der Waals surface area contributed by atoms with Gasteiger partial charge in [0.2, 0.25) is 0 Å². The number of aryl methyl sites for hydroxylation is 6. The van der Waals surface area contributed by atoms with Gasteiger partial charge in [-0.3, -0.25) is 0 Å². The molecule has 0 heterocycles. The Bertz CT molecular complexity index is 3740. The molecule has 0 fully saturated rings. The second-order valence-electron chi connectivity index (χ2n) is 21.7. The van der Waals surface area contributed by atoms with Crippen LogP contribution in [0.2, 0.25) is 0 Å². The molecule has 3 aliphatic rings. The van der Waals surface area contributed by atoms with Crippen LogP contribution in [0, 0.1) is 41.5 Å². The first-order valence-electron chi connectivity index (χ1n) is 25.5. The minimum atomic E-state index is -0.466. The van der Waals surface area contributed by atoms with Gasteiger partial charge >= 0.3 is 0 Å². The van der Waals surface area contributed by atoms with Crippen molar-refractivity contribution in [3.63, 3.8) is 0 Å². The first-order valence-corrected chi connectivity index (χ1v) is 25.5. The average Bonchev–Trinajstić information content (AvgIpc) is 3.92. The van der Waals surface area contributed by atoms with Gasteiger partial charge in [0.25, 0.3) is 0 Å². The standard InChI is InChI=1S/C71H58/c1-43-15-25-53(26-16-43)70(54-27-17-44(2)18-28-54)65-37-47(5)19-29-59(65)61-33-23-51(41-67(61)70)49-21-31-57-58-32-22-50(40-64(58)69(7,8)63(57)39-49)52-24-34-62-60-30-20-48(6)38-66(60)71(68(62)42-52,55-13-9-11-45(3)35-55)56-14-10-12-46(4)36-56/h9-42H,1-8H3. The highest BCUT2D eigenvalue weighted by Gasteiger charge is 2.48. The summed E-state index contributed by atoms with van der Waals surface area (Å²) in [5.41, 5.74) is 32.8. The van der Waals surface area contributed by atoms with Crippen LogP contribution >= 0.6 is 0 Å². The quantitative estimate of drug-likeness (QED) is 0.156. The molecule has 10 aromatic carbocycles. The zero-order chi connectivity index (χ0) is 48.6. The van der Waals surface area contributed by atoms with Crippen molar-refractivity contribution in [1.29, 1.82) is 0 Å². The van der Waals surface area contributed by atoms with Gasteiger partial charge in [0.05, 0.1) is 10.8 Å². The van der Waals surface area contributed by atoms with Crippen molar-refractivity contribution in [1.82, 2.24) is 0 Å². The maximum absolute atomic E-state index is 2.52. The van der Waals surface area contributed by atoms with Crippen LogP contribution < -0.4 is 0 Å². The van der Waals surface area contributed by atoms with Gasteiger partial charge in [-0.1, -0.05) is 229 Å². The van der Waals surface area contributed by atoms with Gasteiger partial charge < -0.3 is 0 Å². The summed E-state index contributed by atoms with van der Waals surface area (Å²) in [5, 5.41) is 0. The van der Waals surface area contributed by atoms with E-state index in [-0.39, 0.29) is 5.41 Å². The van der Waals surface area contributed by atoms with E-state index in [0.717, 1.165) is 0 Å². The zero-order valence-corrected chi connectivity index (χ0v) is 42.1. The third-order valence-corrected chi connectivity index (χ3v) is 16.8. The molecule has 342 valence electrons. The predicted molar refractivity (Wildman–Crippen MR) is 298 cm³/mol. The molecule has 0 unspecified atom stereocenters. The van der Waals surface area contributed by atoms with Crippen LogP contribution in [0.4, 0.5) is 0 Å². The van der Waals surface area contributed by atoms with Crippen LogP contribution in [0.1, 0.15) is 103 Å². The molecule has 0 radical (unpaired) electrons. The molecule has 0 bridgehead atoms. The van der Waals surface area contributed by atoms with Crippen molar-refractivity contribution in [2.24, 2.45) is 0 Å². The van der Waals surface area contributed by atoms with Gasteiger partial charge in [0.15, 0.2) is 0 Å². The molecule has 0 nitrogen and oxygen atoms in total. The second-order valence-corrected chi connectivity index (χ2v) is 21.7. The fourth-order valence-electron chi connectivity index (χ4n) is 13.3. The maximum atomic E-state index is 2.52. The lowest BCUT2D eigenvalue weighted by atomic mass is 9.67. The highest BCUT2D eigenvalue weighted by molar-refractivity contribution is 5.92. The lowest BCUT2D eigenvalue weighted by Crippen LogP contribution is -2.29. The van der Waals surface area contributed by atoms with Crippen molar-refractivity contribution in [3.8, 4) is 55.6 Å². The monoisotopic (exact) mass is 910 g/mol. The molecular weight excluding hydrogens is 853 g/mol. The topological polar surface area (TPSA) is 0 Å². The molecule has 10 aromatic rings. The Kier molecular flexibility index (Phi) is 9.50. The molecule has 0 saturated carbocycles. The first kappa shape index (κ1) is 43.2. The number of fused-ring (bicyclic) bond motifs is 9. The van der Waals surface area contributed by atoms with E-state index in [1.54, 1.807) is 0 Å². The fourth-order valence-corrected chi connectivity index (χ4v) is 13.3. The van der Waals surface area contributed by atoms with Crippen LogP contribution in [-0.4, -0.2) is 0 Å². The predicted octanol–water partition coefficient (Wildman–Crippen LogP) is 17.9. The summed E-state index contributed by atoms with van der Waals surface area (Å²) < 4.78 is 0. The fraction of sp³-hybridized carbons (Fsp3) is 0.155. The zero-order valence-electron chi connectivity index (χ0n) is 42.1. The Morgan fingerprint density at radius 1 is 0.225 bits per heavy atom. The number of rotatable bonds is 6. The van der Waals surface area contributed by atoms with Gasteiger partial charge in [-0.2, -0.15) is 0 Å². The van der Waals surface area contributed by atoms with E-state index >= 15 is 0 Å². The second kappa shape index (κ2) is 15.6. The van der Waals surface area contributed by atoms with E-state index < -0.39 is 10.8 Å². The molecule has 0 heteroatoms. The number of hydrogen-bond donors (Lipinski definition) is 0. The molecule has 71 heavy (non-hydrogen) atoms. The lowest BCUT2D eigenvalue weighted by Gasteiger charge is -2.35. The van der Waals surface area contributed by atoms with Crippen LogP contribution in [0.3, 0.4) is 0 Å². The minimum absolute atomic E-state index is 0.216. The minimum Gasteiger partial charge on any atom is -0.0617 e. The Hall–Kier alpha value is -7.80. The molecular formula is C71H58. The molecule has 0 amide bonds. The van der Waals surface area contributed by atoms with E-state index in [9.17, 15) is 0 Å². The Balaban J connectivity index is 0.932. The smallest absolute Gasteiger partial charge is 0.0617 e. The summed E-state index contributed by atoms with van der Waals surface area (Å²) in [7, 11) is 0. The Morgan fingerprint density at radius 3 is 0.873 bits per heavy atom. The SMILES string of the molecule is Cc1ccc(C2(c3ccc(C)cc3)c3cc(C)ccc3-c3ccc(-c4ccc5c(c4)C(C)(C)c4cc(-c6ccc7c(c6)C(c6cccc(C)c6)(c6cccc(C)c6)c6cc(C)ccc6-7)ccc4-5)cc32)cc1. The van der Waals surface area contributed by atoms with Crippen molar-refractivity contribution in [2.45, 2.75) is 71.6 Å². The van der Waals surface area contributed by atoms with Crippen LogP contribution in [0.15, 0.2) is 206 Å². The molecule has 0 aliphatic heterocycles. The van der Waals surface area contributed by atoms with Gasteiger partial charge in [0, 0.05) is 5.41 Å². The Morgan fingerprint density at radius 2 is 0.507 bits per heavy atom. The highest BCUT2D eigenvalue weighted by Crippen LogP contribution is 2.60. The first-order chi connectivity index (χ1) is 34.3. The van der Waals surface area contributed by atoms with Gasteiger partial charge in [0.1, 0.15) is 0 Å². The molecule has 0 aromatic heterocycles. The van der Waals surface area contributed by atoms with E-state index in [4.69, 9.17) is 0 Å². The third-order valence-electron chi connectivity index (χ3n) is 16.8. The van der Waals surface area contributed by atoms with Crippen LogP contribution in [-0.2, 0) is 16.2 Å². The molecule has 0 atom stereocenters. The van der Waals surface area contributed by atoms with Crippen molar-refractivity contribution in [3.05, 3.63) is 295 Å². The number of benzene rings is 10. The summed E-state index contributed by atoms with van der Waals surface area (Å²) in [6.07, 6.45) is 0. The van der Waals surface area contributed by atoms with Crippen LogP contribution in [0.5, 0.6) is 0 Å². The van der Waals surface area contributed by atoms with Gasteiger partial charge in [-0.25, -0.2) is 0 Å². The van der Waals surface area contributed by atoms with Crippen molar-refractivity contribution in [2.75, 3.05) is 0 Å². The summed E-state index contributed by atoms with van der Waals surface area (Å²) in [6, 6.07) is 80.2. The van der Waals surface area contributed by atoms with Gasteiger partial charge in [-0.15, -0.1) is 0 Å². The highest BCUT2D eigenvalue weighted by atomic mass is 14.5. The summed E-state index contributed by atoms with van der Waals surface area (Å²) in [4.78, 5) is 0. The molecule has 0 spiro atoms. The average molecular weight is 911 g/mol. The van der Waals surface area contributed by atoms with Crippen molar-refractivity contribution >= 4 is 0 Å². The maximum Gasteiger partial charge on any atom is 0.0714 e. The molecule has 13 rings (SSSR count). The lowest BCUT2D eigenvalue weighted by molar-refractivity contribution is 0.661. The largest absolute Gasteiger partial charge is 0.0714 e. The van der Waals surface area contributed by atoms with E-state index in [0.29, 0.717) is 0 Å². The summed E-state index contributed by atoms with van der Waals surface area (Å²) in [6.45, 7) is 18.1. The third kappa shape index (κ3) is 6.23. The normalized spacial score (nSPS) is 14.8. The Labute approximate surface area is 420 Å². The van der Waals surface area contributed by atoms with E-state index in [2.05, 4.69) is 262 Å². The molecule has 3 aliphatic carbocycles. The number of hydrogen-bond acceptors (Lipinski definition) is 0. The van der Waals surface area contributed by atoms with Gasteiger partial charge in [-0.05, 0) is 177 Å². The summed E-state index contributed by atoms with van der Waals surface area (Å²) >= 11 is 0. The van der Waals surface area contributed by atoms with E-state index in [1.165, 1.54) is 145 Å². The van der Waals surface area contributed by atoms with Crippen LogP contribution in [0.25, 0.3) is 55.6 Å². The molecule has 0 N–H and O–H groups in total. The summed E-state index contributed by atoms with van der Waals surface area (Å²) in [5.74, 6) is 0.